The minimum absolute atomic E-state index is 0.0739. The number of carboxylic acid groups (broad SMARTS) is 1. The second-order valence-electron chi connectivity index (χ2n) is 6.55. The van der Waals surface area contributed by atoms with Crippen molar-refractivity contribution in [2.75, 3.05) is 0 Å². The summed E-state index contributed by atoms with van der Waals surface area (Å²) in [5, 5.41) is 8.77. The van der Waals surface area contributed by atoms with Gasteiger partial charge in [-0.2, -0.15) is 0 Å². The predicted molar refractivity (Wildman–Crippen MR) is 116 cm³/mol. The maximum atomic E-state index is 11.8. The molecule has 0 aliphatic carbocycles. The Labute approximate surface area is 169 Å². The number of carboxylic acids is 1. The standard InChI is InChI=1S/C24H32O4/c1-7-22(6)28-24(27)21(5)17-11-15-19(3)13-9-8-12-18(2)14-10-16-20(4)23(25)26/h8-17,22H,7H2,1-6H3,(H,25,26). The normalized spacial score (nSPS) is 15.6. The molecule has 0 fully saturated rings. The smallest absolute Gasteiger partial charge is 0.333 e. The number of aliphatic carboxylic acids is 1. The summed E-state index contributed by atoms with van der Waals surface area (Å²) in [6.45, 7) is 11.0. The molecule has 152 valence electrons. The SMILES string of the molecule is CCC(C)OC(=O)C(C)=CC=CC(C)=CC=CC=C(C)C=CC=C(C)C(=O)O. The van der Waals surface area contributed by atoms with Crippen molar-refractivity contribution in [3.8, 4) is 0 Å². The fraction of sp³-hybridized carbons (Fsp3) is 0.333. The fourth-order valence-corrected chi connectivity index (χ4v) is 1.71. The highest BCUT2D eigenvalue weighted by molar-refractivity contribution is 5.88. The Morgan fingerprint density at radius 3 is 1.71 bits per heavy atom. The topological polar surface area (TPSA) is 63.6 Å². The summed E-state index contributed by atoms with van der Waals surface area (Å²) in [6.07, 6.45) is 19.1. The Morgan fingerprint density at radius 1 is 0.821 bits per heavy atom. The van der Waals surface area contributed by atoms with Crippen molar-refractivity contribution in [3.63, 3.8) is 0 Å². The first-order valence-corrected chi connectivity index (χ1v) is 9.33. The number of hydrogen-bond acceptors (Lipinski definition) is 3. The summed E-state index contributed by atoms with van der Waals surface area (Å²) < 4.78 is 5.26. The number of hydrogen-bond donors (Lipinski definition) is 1. The van der Waals surface area contributed by atoms with Gasteiger partial charge in [0.05, 0.1) is 6.10 Å². The average molecular weight is 385 g/mol. The molecule has 0 aliphatic rings. The van der Waals surface area contributed by atoms with Gasteiger partial charge in [-0.05, 0) is 41.0 Å². The van der Waals surface area contributed by atoms with Crippen LogP contribution in [0, 0.1) is 0 Å². The van der Waals surface area contributed by atoms with Gasteiger partial charge < -0.3 is 9.84 Å². The Balaban J connectivity index is 4.68. The van der Waals surface area contributed by atoms with E-state index in [1.165, 1.54) is 0 Å². The minimum atomic E-state index is -0.919. The third-order valence-corrected chi connectivity index (χ3v) is 3.78. The van der Waals surface area contributed by atoms with Crippen LogP contribution < -0.4 is 0 Å². The van der Waals surface area contributed by atoms with Crippen LogP contribution >= 0.6 is 0 Å². The maximum absolute atomic E-state index is 11.8. The van der Waals surface area contributed by atoms with E-state index in [1.54, 1.807) is 32.1 Å². The molecule has 0 aromatic heterocycles. The lowest BCUT2D eigenvalue weighted by Crippen LogP contribution is -2.14. The summed E-state index contributed by atoms with van der Waals surface area (Å²) in [6, 6.07) is 0. The Kier molecular flexibility index (Phi) is 12.7. The lowest BCUT2D eigenvalue weighted by molar-refractivity contribution is -0.143. The van der Waals surface area contributed by atoms with Crippen LogP contribution in [0.1, 0.15) is 48.0 Å². The molecular weight excluding hydrogens is 352 g/mol. The predicted octanol–water partition coefficient (Wildman–Crippen LogP) is 5.87. The molecule has 0 rings (SSSR count). The van der Waals surface area contributed by atoms with Gasteiger partial charge in [0.25, 0.3) is 0 Å². The Morgan fingerprint density at radius 2 is 1.29 bits per heavy atom. The van der Waals surface area contributed by atoms with Crippen LogP contribution in [0.2, 0.25) is 0 Å². The van der Waals surface area contributed by atoms with E-state index in [4.69, 9.17) is 9.84 Å². The molecule has 4 nitrogen and oxygen atoms in total. The van der Waals surface area contributed by atoms with Crippen LogP contribution in [-0.2, 0) is 14.3 Å². The maximum Gasteiger partial charge on any atom is 0.333 e. The number of esters is 1. The van der Waals surface area contributed by atoms with Crippen molar-refractivity contribution in [1.82, 2.24) is 0 Å². The molecule has 0 bridgehead atoms. The fourth-order valence-electron chi connectivity index (χ4n) is 1.71. The third-order valence-electron chi connectivity index (χ3n) is 3.78. The van der Waals surface area contributed by atoms with Crippen molar-refractivity contribution < 1.29 is 19.4 Å². The van der Waals surface area contributed by atoms with Gasteiger partial charge in [0.1, 0.15) is 0 Å². The molecule has 0 spiro atoms. The zero-order valence-corrected chi connectivity index (χ0v) is 17.7. The molecule has 1 N–H and O–H groups in total. The van der Waals surface area contributed by atoms with Crippen molar-refractivity contribution in [1.29, 1.82) is 0 Å². The van der Waals surface area contributed by atoms with Crippen LogP contribution in [-0.4, -0.2) is 23.1 Å². The van der Waals surface area contributed by atoms with Crippen molar-refractivity contribution in [3.05, 3.63) is 83.1 Å². The van der Waals surface area contributed by atoms with E-state index in [9.17, 15) is 9.59 Å². The molecule has 0 radical (unpaired) electrons. The van der Waals surface area contributed by atoms with Crippen LogP contribution in [0.3, 0.4) is 0 Å². The zero-order chi connectivity index (χ0) is 21.5. The highest BCUT2D eigenvalue weighted by atomic mass is 16.5. The first-order valence-electron chi connectivity index (χ1n) is 9.33. The van der Waals surface area contributed by atoms with Gasteiger partial charge in [0.2, 0.25) is 0 Å². The lowest BCUT2D eigenvalue weighted by atomic mass is 10.2. The van der Waals surface area contributed by atoms with Crippen LogP contribution in [0.5, 0.6) is 0 Å². The second kappa shape index (κ2) is 14.2. The van der Waals surface area contributed by atoms with Gasteiger partial charge >= 0.3 is 11.9 Å². The lowest BCUT2D eigenvalue weighted by Gasteiger charge is -2.10. The first kappa shape index (κ1) is 25.1. The quantitative estimate of drug-likeness (QED) is 0.291. The van der Waals surface area contributed by atoms with Gasteiger partial charge in [-0.3, -0.25) is 0 Å². The second-order valence-corrected chi connectivity index (χ2v) is 6.55. The molecule has 0 aromatic rings. The Hall–Kier alpha value is -2.88. The molecule has 1 atom stereocenters. The summed E-state index contributed by atoms with van der Waals surface area (Å²) in [7, 11) is 0. The molecular formula is C24H32O4. The molecule has 0 saturated heterocycles. The molecule has 28 heavy (non-hydrogen) atoms. The van der Waals surface area contributed by atoms with Gasteiger partial charge in [-0.15, -0.1) is 0 Å². The van der Waals surface area contributed by atoms with E-state index in [2.05, 4.69) is 0 Å². The van der Waals surface area contributed by atoms with Crippen LogP contribution in [0.4, 0.5) is 0 Å². The van der Waals surface area contributed by atoms with E-state index < -0.39 is 5.97 Å². The zero-order valence-electron chi connectivity index (χ0n) is 17.7. The first-order chi connectivity index (χ1) is 13.2. The highest BCUT2D eigenvalue weighted by Crippen LogP contribution is 2.05. The van der Waals surface area contributed by atoms with Crippen molar-refractivity contribution in [2.24, 2.45) is 0 Å². The largest absolute Gasteiger partial charge is 0.478 e. The van der Waals surface area contributed by atoms with E-state index >= 15 is 0 Å². The summed E-state index contributed by atoms with van der Waals surface area (Å²) in [4.78, 5) is 22.5. The highest BCUT2D eigenvalue weighted by Gasteiger charge is 2.08. The van der Waals surface area contributed by atoms with Crippen molar-refractivity contribution in [2.45, 2.75) is 54.1 Å². The van der Waals surface area contributed by atoms with E-state index in [0.29, 0.717) is 11.1 Å². The Bertz CT molecular complexity index is 741. The molecule has 0 aromatic carbocycles. The number of ether oxygens (including phenoxy) is 1. The summed E-state index contributed by atoms with van der Waals surface area (Å²) in [5.41, 5.74) is 2.91. The molecule has 0 aliphatic heterocycles. The van der Waals surface area contributed by atoms with Gasteiger partial charge in [-0.1, -0.05) is 78.8 Å². The van der Waals surface area contributed by atoms with Crippen LogP contribution in [0.25, 0.3) is 0 Å². The molecule has 0 heterocycles. The third kappa shape index (κ3) is 12.5. The monoisotopic (exact) mass is 384 g/mol. The molecule has 1 unspecified atom stereocenters. The van der Waals surface area contributed by atoms with Crippen molar-refractivity contribution >= 4 is 11.9 Å². The average Bonchev–Trinajstić information content (AvgIpc) is 2.64. The minimum Gasteiger partial charge on any atom is -0.478 e. The number of allylic oxidation sites excluding steroid dienone is 12. The summed E-state index contributed by atoms with van der Waals surface area (Å²) >= 11 is 0. The molecule has 0 saturated carbocycles. The van der Waals surface area contributed by atoms with Gasteiger partial charge in [0.15, 0.2) is 0 Å². The summed E-state index contributed by atoms with van der Waals surface area (Å²) in [5.74, 6) is -1.21. The number of rotatable bonds is 10. The number of carbonyl (C=O) groups is 2. The van der Waals surface area contributed by atoms with Gasteiger partial charge in [0, 0.05) is 11.1 Å². The van der Waals surface area contributed by atoms with Gasteiger partial charge in [-0.25, -0.2) is 9.59 Å². The molecule has 0 amide bonds. The van der Waals surface area contributed by atoms with E-state index in [-0.39, 0.29) is 12.1 Å². The number of carbonyl (C=O) groups excluding carboxylic acids is 1. The van der Waals surface area contributed by atoms with E-state index in [0.717, 1.165) is 17.6 Å². The van der Waals surface area contributed by atoms with E-state index in [1.807, 2.05) is 70.2 Å². The van der Waals surface area contributed by atoms with Crippen LogP contribution in [0.15, 0.2) is 83.1 Å². The molecule has 4 heteroatoms.